The molecule has 28 heavy (non-hydrogen) atoms. The first-order valence-corrected chi connectivity index (χ1v) is 10.4. The summed E-state index contributed by atoms with van der Waals surface area (Å²) in [4.78, 5) is 13.0. The van der Waals surface area contributed by atoms with E-state index in [4.69, 9.17) is 16.3 Å². The van der Waals surface area contributed by atoms with Crippen molar-refractivity contribution in [3.63, 3.8) is 0 Å². The highest BCUT2D eigenvalue weighted by atomic mass is 79.9. The van der Waals surface area contributed by atoms with Crippen LogP contribution in [0, 0.1) is 5.41 Å². The number of benzene rings is 2. The third-order valence-corrected chi connectivity index (χ3v) is 7.29. The predicted octanol–water partition coefficient (Wildman–Crippen LogP) is 6.74. The van der Waals surface area contributed by atoms with Crippen molar-refractivity contribution in [3.8, 4) is 22.3 Å². The van der Waals surface area contributed by atoms with Crippen LogP contribution >= 0.6 is 27.5 Å². The molecule has 1 aliphatic rings. The fourth-order valence-electron chi connectivity index (χ4n) is 4.03. The van der Waals surface area contributed by atoms with Crippen LogP contribution < -0.4 is 0 Å². The minimum atomic E-state index is -0.328. The molecule has 0 spiro atoms. The Balaban J connectivity index is 2.11. The SMILES string of the molecule is COC(=O)c1c(-c2ccc(Cl)cc2)c(-c2ccccc2)c2n1CC(C)(C)C2Br. The molecule has 0 N–H and O–H groups in total. The topological polar surface area (TPSA) is 31.2 Å². The van der Waals surface area contributed by atoms with Crippen LogP contribution in [0.5, 0.6) is 0 Å². The van der Waals surface area contributed by atoms with E-state index in [9.17, 15) is 4.79 Å². The van der Waals surface area contributed by atoms with Crippen molar-refractivity contribution in [1.82, 2.24) is 4.57 Å². The Kier molecular flexibility index (Phi) is 4.88. The molecule has 0 saturated carbocycles. The van der Waals surface area contributed by atoms with Gasteiger partial charge in [0.25, 0.3) is 0 Å². The van der Waals surface area contributed by atoms with E-state index in [1.165, 1.54) is 7.11 Å². The summed E-state index contributed by atoms with van der Waals surface area (Å²) in [5, 5.41) is 0.663. The highest BCUT2D eigenvalue weighted by molar-refractivity contribution is 9.09. The lowest BCUT2D eigenvalue weighted by molar-refractivity contribution is 0.0588. The third-order valence-electron chi connectivity index (χ3n) is 5.37. The summed E-state index contributed by atoms with van der Waals surface area (Å²) in [7, 11) is 1.43. The minimum Gasteiger partial charge on any atom is -0.464 e. The molecule has 2 heterocycles. The molecule has 3 nitrogen and oxygen atoms in total. The Bertz CT molecular complexity index is 1040. The van der Waals surface area contributed by atoms with Gasteiger partial charge in [0.05, 0.1) is 11.9 Å². The van der Waals surface area contributed by atoms with Crippen LogP contribution in [0.15, 0.2) is 54.6 Å². The zero-order chi connectivity index (χ0) is 20.1. The number of carbonyl (C=O) groups excluding carboxylic acids is 1. The molecule has 144 valence electrons. The van der Waals surface area contributed by atoms with E-state index < -0.39 is 0 Å². The number of fused-ring (bicyclic) bond motifs is 1. The number of rotatable bonds is 3. The van der Waals surface area contributed by atoms with Crippen LogP contribution in [0.3, 0.4) is 0 Å². The van der Waals surface area contributed by atoms with Crippen LogP contribution in [0.2, 0.25) is 5.02 Å². The number of esters is 1. The number of hydrogen-bond acceptors (Lipinski definition) is 2. The van der Waals surface area contributed by atoms with E-state index in [2.05, 4.69) is 46.5 Å². The lowest BCUT2D eigenvalue weighted by Crippen LogP contribution is -2.18. The molecule has 5 heteroatoms. The van der Waals surface area contributed by atoms with Crippen LogP contribution in [0.1, 0.15) is 34.9 Å². The maximum atomic E-state index is 12.9. The van der Waals surface area contributed by atoms with E-state index in [0.717, 1.165) is 34.5 Å². The van der Waals surface area contributed by atoms with E-state index in [0.29, 0.717) is 10.7 Å². The molecule has 4 rings (SSSR count). The van der Waals surface area contributed by atoms with Gasteiger partial charge in [0.2, 0.25) is 0 Å². The highest BCUT2D eigenvalue weighted by Crippen LogP contribution is 2.55. The van der Waals surface area contributed by atoms with Gasteiger partial charge in [0.1, 0.15) is 5.69 Å². The molecule has 0 aliphatic carbocycles. The number of ether oxygens (including phenoxy) is 1. The number of nitrogens with zero attached hydrogens (tertiary/aromatic N) is 1. The number of methoxy groups -OCH3 is 1. The van der Waals surface area contributed by atoms with Crippen LogP contribution in [0.25, 0.3) is 22.3 Å². The molecule has 3 aromatic rings. The van der Waals surface area contributed by atoms with E-state index >= 15 is 0 Å². The lowest BCUT2D eigenvalue weighted by Gasteiger charge is -2.23. The molecule has 0 radical (unpaired) electrons. The number of carbonyl (C=O) groups is 1. The molecule has 1 atom stereocenters. The second-order valence-electron chi connectivity index (χ2n) is 7.79. The number of hydrogen-bond donors (Lipinski definition) is 0. The fraction of sp³-hybridized carbons (Fsp3) is 0.261. The van der Waals surface area contributed by atoms with Gasteiger partial charge in [-0.05, 0) is 23.3 Å². The number of alkyl halides is 1. The Labute approximate surface area is 178 Å². The molecule has 2 aromatic carbocycles. The average molecular weight is 459 g/mol. The first kappa shape index (κ1) is 19.3. The summed E-state index contributed by atoms with van der Waals surface area (Å²) < 4.78 is 7.32. The Hall–Kier alpha value is -2.04. The van der Waals surface area contributed by atoms with Gasteiger partial charge in [-0.25, -0.2) is 4.79 Å². The largest absolute Gasteiger partial charge is 0.464 e. The maximum Gasteiger partial charge on any atom is 0.355 e. The summed E-state index contributed by atoms with van der Waals surface area (Å²) >= 11 is 10.0. The molecular weight excluding hydrogens is 438 g/mol. The van der Waals surface area contributed by atoms with E-state index in [1.54, 1.807) is 0 Å². The highest BCUT2D eigenvalue weighted by Gasteiger charge is 2.44. The van der Waals surface area contributed by atoms with Gasteiger partial charge in [-0.1, -0.05) is 83.8 Å². The molecule has 1 unspecified atom stereocenters. The van der Waals surface area contributed by atoms with Gasteiger partial charge in [0.15, 0.2) is 0 Å². The van der Waals surface area contributed by atoms with Crippen LogP contribution in [-0.4, -0.2) is 17.6 Å². The Morgan fingerprint density at radius 1 is 1.07 bits per heavy atom. The quantitative estimate of drug-likeness (QED) is 0.321. The lowest BCUT2D eigenvalue weighted by atomic mass is 9.86. The zero-order valence-corrected chi connectivity index (χ0v) is 18.3. The molecule has 0 saturated heterocycles. The van der Waals surface area contributed by atoms with Crippen molar-refractivity contribution in [2.24, 2.45) is 5.41 Å². The predicted molar refractivity (Wildman–Crippen MR) is 117 cm³/mol. The summed E-state index contributed by atoms with van der Waals surface area (Å²) in [6.07, 6.45) is 0. The summed E-state index contributed by atoms with van der Waals surface area (Å²) in [6.45, 7) is 5.14. The molecule has 0 amide bonds. The van der Waals surface area contributed by atoms with Gasteiger partial charge >= 0.3 is 5.97 Å². The summed E-state index contributed by atoms with van der Waals surface area (Å²) in [5.41, 5.74) is 5.66. The van der Waals surface area contributed by atoms with Gasteiger partial charge in [-0.3, -0.25) is 0 Å². The van der Waals surface area contributed by atoms with Crippen molar-refractivity contribution < 1.29 is 9.53 Å². The average Bonchev–Trinajstić information content (AvgIpc) is 3.13. The molecular formula is C23H21BrClNO2. The van der Waals surface area contributed by atoms with E-state index in [1.807, 2.05) is 42.5 Å². The summed E-state index contributed by atoms with van der Waals surface area (Å²) in [5.74, 6) is -0.328. The van der Waals surface area contributed by atoms with Gasteiger partial charge in [-0.15, -0.1) is 0 Å². The van der Waals surface area contributed by atoms with Crippen LogP contribution in [0.4, 0.5) is 0 Å². The van der Waals surface area contributed by atoms with Gasteiger partial charge in [-0.2, -0.15) is 0 Å². The molecule has 1 aliphatic heterocycles. The third kappa shape index (κ3) is 2.99. The normalized spacial score (nSPS) is 17.4. The molecule has 0 fully saturated rings. The second-order valence-corrected chi connectivity index (χ2v) is 9.14. The smallest absolute Gasteiger partial charge is 0.355 e. The Morgan fingerprint density at radius 2 is 1.68 bits per heavy atom. The van der Waals surface area contributed by atoms with Crippen molar-refractivity contribution in [2.45, 2.75) is 25.2 Å². The maximum absolute atomic E-state index is 12.9. The number of aromatic nitrogens is 1. The van der Waals surface area contributed by atoms with E-state index in [-0.39, 0.29) is 16.2 Å². The summed E-state index contributed by atoms with van der Waals surface area (Å²) in [6, 6.07) is 17.8. The second kappa shape index (κ2) is 7.09. The van der Waals surface area contributed by atoms with Crippen molar-refractivity contribution in [3.05, 3.63) is 71.0 Å². The first-order valence-electron chi connectivity index (χ1n) is 9.15. The monoisotopic (exact) mass is 457 g/mol. The first-order chi connectivity index (χ1) is 13.3. The van der Waals surface area contributed by atoms with Crippen molar-refractivity contribution >= 4 is 33.5 Å². The van der Waals surface area contributed by atoms with Crippen LogP contribution in [-0.2, 0) is 11.3 Å². The zero-order valence-electron chi connectivity index (χ0n) is 16.0. The fourth-order valence-corrected chi connectivity index (χ4v) is 4.77. The van der Waals surface area contributed by atoms with Gasteiger partial charge < -0.3 is 9.30 Å². The molecule has 0 bridgehead atoms. The number of halogens is 2. The Morgan fingerprint density at radius 3 is 2.29 bits per heavy atom. The van der Waals surface area contributed by atoms with Gasteiger partial charge in [0, 0.05) is 33.8 Å². The molecule has 1 aromatic heterocycles. The van der Waals surface area contributed by atoms with Crippen molar-refractivity contribution in [1.29, 1.82) is 0 Å². The standard InChI is InChI=1S/C23H21BrClNO2/c1-23(2)13-26-19(21(23)24)17(14-7-5-4-6-8-14)18(20(26)22(27)28-3)15-9-11-16(25)12-10-15/h4-12,21H,13H2,1-3H3. The van der Waals surface area contributed by atoms with Crippen molar-refractivity contribution in [2.75, 3.05) is 7.11 Å². The minimum absolute atomic E-state index is 0.0276.